The Morgan fingerprint density at radius 1 is 1.33 bits per heavy atom. The van der Waals surface area contributed by atoms with Crippen LogP contribution in [0.4, 0.5) is 0 Å². The summed E-state index contributed by atoms with van der Waals surface area (Å²) in [5.41, 5.74) is 4.07. The molecular formula is C16H25NO. The third-order valence-corrected chi connectivity index (χ3v) is 3.08. The molecule has 0 saturated heterocycles. The highest BCUT2D eigenvalue weighted by molar-refractivity contribution is 5.57. The molecule has 0 unspecified atom stereocenters. The van der Waals surface area contributed by atoms with Crippen molar-refractivity contribution in [3.8, 4) is 0 Å². The normalized spacial score (nSPS) is 12.2. The van der Waals surface area contributed by atoms with Gasteiger partial charge in [0.25, 0.3) is 0 Å². The number of methoxy groups -OCH3 is 1. The molecule has 0 radical (unpaired) electrons. The molecule has 100 valence electrons. The Hall–Kier alpha value is -1.12. The van der Waals surface area contributed by atoms with Crippen LogP contribution in [0.2, 0.25) is 0 Å². The summed E-state index contributed by atoms with van der Waals surface area (Å²) >= 11 is 0. The second-order valence-corrected chi connectivity index (χ2v) is 4.90. The number of hydrogen-bond acceptors (Lipinski definition) is 2. The lowest BCUT2D eigenvalue weighted by Gasteiger charge is -2.13. The van der Waals surface area contributed by atoms with E-state index in [1.807, 2.05) is 0 Å². The van der Waals surface area contributed by atoms with E-state index in [1.54, 1.807) is 7.11 Å². The van der Waals surface area contributed by atoms with E-state index in [0.717, 1.165) is 19.7 Å². The predicted octanol–water partition coefficient (Wildman–Crippen LogP) is 3.27. The lowest BCUT2D eigenvalue weighted by atomic mass is 9.98. The van der Waals surface area contributed by atoms with Gasteiger partial charge in [0.05, 0.1) is 6.61 Å². The highest BCUT2D eigenvalue weighted by Gasteiger charge is 2.04. The van der Waals surface area contributed by atoms with Crippen LogP contribution in [0.3, 0.4) is 0 Å². The third-order valence-electron chi connectivity index (χ3n) is 3.08. The smallest absolute Gasteiger partial charge is 0.0587 e. The maximum atomic E-state index is 5.04. The molecule has 0 saturated carbocycles. The number of hydrogen-bond donors (Lipinski definition) is 1. The van der Waals surface area contributed by atoms with E-state index >= 15 is 0 Å². The van der Waals surface area contributed by atoms with Crippen molar-refractivity contribution in [2.75, 3.05) is 26.8 Å². The number of nitrogens with one attached hydrogen (secondary N) is 1. The molecule has 0 atom stereocenters. The number of aryl methyl sites for hydroxylation is 1. The minimum Gasteiger partial charge on any atom is -0.383 e. The van der Waals surface area contributed by atoms with Crippen molar-refractivity contribution in [2.24, 2.45) is 5.92 Å². The summed E-state index contributed by atoms with van der Waals surface area (Å²) in [4.78, 5) is 0. The molecule has 1 aromatic carbocycles. The Kier molecular flexibility index (Phi) is 6.69. The fraction of sp³-hybridized carbons (Fsp3) is 0.500. The van der Waals surface area contributed by atoms with Gasteiger partial charge in [0.1, 0.15) is 0 Å². The fourth-order valence-corrected chi connectivity index (χ4v) is 1.78. The Morgan fingerprint density at radius 2 is 2.06 bits per heavy atom. The van der Waals surface area contributed by atoms with Crippen molar-refractivity contribution in [3.05, 3.63) is 41.0 Å². The standard InChI is InChI=1S/C16H25NO/c1-13(2)16(12-17-9-10-18-4)11-15-8-6-5-7-14(15)3/h5-8,11,13,17H,9-10,12H2,1-4H3. The van der Waals surface area contributed by atoms with Crippen molar-refractivity contribution in [2.45, 2.75) is 20.8 Å². The van der Waals surface area contributed by atoms with Gasteiger partial charge in [-0.3, -0.25) is 0 Å². The van der Waals surface area contributed by atoms with Crippen molar-refractivity contribution in [3.63, 3.8) is 0 Å². The Morgan fingerprint density at radius 3 is 2.67 bits per heavy atom. The molecule has 0 aliphatic rings. The molecule has 0 aliphatic carbocycles. The molecular weight excluding hydrogens is 222 g/mol. The zero-order valence-corrected chi connectivity index (χ0v) is 12.0. The molecule has 18 heavy (non-hydrogen) atoms. The van der Waals surface area contributed by atoms with E-state index in [1.165, 1.54) is 16.7 Å². The lowest BCUT2D eigenvalue weighted by molar-refractivity contribution is 0.200. The van der Waals surface area contributed by atoms with Crippen LogP contribution in [0.15, 0.2) is 29.8 Å². The van der Waals surface area contributed by atoms with E-state index in [-0.39, 0.29) is 0 Å². The Labute approximate surface area is 111 Å². The van der Waals surface area contributed by atoms with Crippen LogP contribution < -0.4 is 5.32 Å². The molecule has 2 heteroatoms. The van der Waals surface area contributed by atoms with Crippen molar-refractivity contribution in [1.29, 1.82) is 0 Å². The first kappa shape index (κ1) is 14.9. The van der Waals surface area contributed by atoms with Gasteiger partial charge in [0.15, 0.2) is 0 Å². The van der Waals surface area contributed by atoms with E-state index in [4.69, 9.17) is 4.74 Å². The molecule has 1 rings (SSSR count). The topological polar surface area (TPSA) is 21.3 Å². The van der Waals surface area contributed by atoms with Crippen molar-refractivity contribution in [1.82, 2.24) is 5.32 Å². The molecule has 0 fully saturated rings. The summed E-state index contributed by atoms with van der Waals surface area (Å²) in [5.74, 6) is 0.555. The number of rotatable bonds is 7. The summed E-state index contributed by atoms with van der Waals surface area (Å²) in [6.07, 6.45) is 2.31. The van der Waals surface area contributed by atoms with Gasteiger partial charge in [0, 0.05) is 20.2 Å². The van der Waals surface area contributed by atoms with Crippen molar-refractivity contribution < 1.29 is 4.74 Å². The number of benzene rings is 1. The van der Waals surface area contributed by atoms with Crippen molar-refractivity contribution >= 4 is 6.08 Å². The van der Waals surface area contributed by atoms with Crippen LogP contribution in [0.1, 0.15) is 25.0 Å². The van der Waals surface area contributed by atoms with Crippen LogP contribution in [0.25, 0.3) is 6.08 Å². The molecule has 1 aromatic rings. The first-order chi connectivity index (χ1) is 8.65. The van der Waals surface area contributed by atoms with Gasteiger partial charge < -0.3 is 10.1 Å². The van der Waals surface area contributed by atoms with Crippen LogP contribution in [-0.4, -0.2) is 26.8 Å². The third kappa shape index (κ3) is 5.03. The average Bonchev–Trinajstić information content (AvgIpc) is 2.35. The quantitative estimate of drug-likeness (QED) is 0.747. The lowest BCUT2D eigenvalue weighted by Crippen LogP contribution is -2.23. The minimum atomic E-state index is 0.555. The van der Waals surface area contributed by atoms with E-state index in [0.29, 0.717) is 5.92 Å². The average molecular weight is 247 g/mol. The molecule has 0 aromatic heterocycles. The van der Waals surface area contributed by atoms with E-state index in [2.05, 4.69) is 56.4 Å². The first-order valence-corrected chi connectivity index (χ1v) is 6.61. The largest absolute Gasteiger partial charge is 0.383 e. The molecule has 0 spiro atoms. The van der Waals surface area contributed by atoms with E-state index < -0.39 is 0 Å². The maximum absolute atomic E-state index is 5.04. The summed E-state index contributed by atoms with van der Waals surface area (Å²) in [6, 6.07) is 8.50. The van der Waals surface area contributed by atoms with Gasteiger partial charge in [-0.1, -0.05) is 49.8 Å². The monoisotopic (exact) mass is 247 g/mol. The number of ether oxygens (including phenoxy) is 1. The summed E-state index contributed by atoms with van der Waals surface area (Å²) in [6.45, 7) is 9.21. The summed E-state index contributed by atoms with van der Waals surface area (Å²) in [7, 11) is 1.73. The molecule has 0 bridgehead atoms. The SMILES string of the molecule is COCCNCC(=Cc1ccccc1C)C(C)C. The predicted molar refractivity (Wildman–Crippen MR) is 78.7 cm³/mol. The van der Waals surface area contributed by atoms with Crippen LogP contribution in [-0.2, 0) is 4.74 Å². The Balaban J connectivity index is 2.69. The zero-order chi connectivity index (χ0) is 13.4. The molecule has 0 amide bonds. The van der Waals surface area contributed by atoms with Crippen LogP contribution in [0.5, 0.6) is 0 Å². The maximum Gasteiger partial charge on any atom is 0.0587 e. The first-order valence-electron chi connectivity index (χ1n) is 6.61. The molecule has 0 aliphatic heterocycles. The second kappa shape index (κ2) is 8.06. The molecule has 0 heterocycles. The second-order valence-electron chi connectivity index (χ2n) is 4.90. The van der Waals surface area contributed by atoms with Gasteiger partial charge in [-0.25, -0.2) is 0 Å². The zero-order valence-electron chi connectivity index (χ0n) is 12.0. The highest BCUT2D eigenvalue weighted by Crippen LogP contribution is 2.16. The van der Waals surface area contributed by atoms with Gasteiger partial charge in [-0.15, -0.1) is 0 Å². The van der Waals surface area contributed by atoms with Gasteiger partial charge in [0.2, 0.25) is 0 Å². The van der Waals surface area contributed by atoms with Crippen LogP contribution in [0, 0.1) is 12.8 Å². The highest BCUT2D eigenvalue weighted by atomic mass is 16.5. The molecule has 1 N–H and O–H groups in total. The van der Waals surface area contributed by atoms with E-state index in [9.17, 15) is 0 Å². The fourth-order valence-electron chi connectivity index (χ4n) is 1.78. The summed E-state index contributed by atoms with van der Waals surface area (Å²) in [5, 5.41) is 3.41. The van der Waals surface area contributed by atoms with Gasteiger partial charge in [-0.05, 0) is 24.0 Å². The van der Waals surface area contributed by atoms with Crippen LogP contribution >= 0.6 is 0 Å². The molecule has 2 nitrogen and oxygen atoms in total. The summed E-state index contributed by atoms with van der Waals surface area (Å²) < 4.78 is 5.04. The van der Waals surface area contributed by atoms with Gasteiger partial charge in [-0.2, -0.15) is 0 Å². The Bertz CT molecular complexity index is 382. The minimum absolute atomic E-state index is 0.555. The van der Waals surface area contributed by atoms with Gasteiger partial charge >= 0.3 is 0 Å².